The molecule has 0 aliphatic heterocycles. The fraction of sp³-hybridized carbons (Fsp3) is 0.889. The van der Waals surface area contributed by atoms with Crippen molar-refractivity contribution < 1.29 is 9.00 Å². The Kier molecular flexibility index (Phi) is 7.45. The average molecular weight is 284 g/mol. The monoisotopic (exact) mass is 283 g/mol. The van der Waals surface area contributed by atoms with Crippen LogP contribution in [0.15, 0.2) is 0 Å². The van der Waals surface area contributed by atoms with Crippen molar-refractivity contribution >= 4 is 32.6 Å². The maximum atomic E-state index is 11.4. The lowest BCUT2D eigenvalue weighted by molar-refractivity contribution is -0.121. The predicted molar refractivity (Wildman–Crippen MR) is 64.1 cm³/mol. The van der Waals surface area contributed by atoms with Gasteiger partial charge >= 0.3 is 0 Å². The number of alkyl halides is 1. The van der Waals surface area contributed by atoms with Gasteiger partial charge in [0.2, 0.25) is 5.91 Å². The van der Waals surface area contributed by atoms with Gasteiger partial charge in [-0.25, -0.2) is 0 Å². The van der Waals surface area contributed by atoms with E-state index in [-0.39, 0.29) is 16.7 Å². The Hall–Kier alpha value is 0.1000. The topological polar surface area (TPSA) is 46.2 Å². The summed E-state index contributed by atoms with van der Waals surface area (Å²) in [7, 11) is -0.763. The minimum absolute atomic E-state index is 0.0156. The summed E-state index contributed by atoms with van der Waals surface area (Å²) >= 11 is 3.32. The summed E-state index contributed by atoms with van der Waals surface area (Å²) in [5.41, 5.74) is 0. The van der Waals surface area contributed by atoms with E-state index >= 15 is 0 Å². The first-order chi connectivity index (χ1) is 6.45. The van der Waals surface area contributed by atoms with Crippen LogP contribution in [0.25, 0.3) is 0 Å². The van der Waals surface area contributed by atoms with Gasteiger partial charge in [-0.1, -0.05) is 29.8 Å². The molecule has 0 aliphatic carbocycles. The van der Waals surface area contributed by atoms with E-state index in [9.17, 15) is 9.00 Å². The molecule has 5 heteroatoms. The number of hydrogen-bond donors (Lipinski definition) is 1. The first-order valence-electron chi connectivity index (χ1n) is 4.67. The minimum atomic E-state index is -0.763. The van der Waals surface area contributed by atoms with E-state index in [1.54, 1.807) is 6.26 Å². The molecule has 0 aromatic carbocycles. The fourth-order valence-electron chi connectivity index (χ4n) is 0.887. The largest absolute Gasteiger partial charge is 0.355 e. The summed E-state index contributed by atoms with van der Waals surface area (Å²) in [4.78, 5) is 11.3. The van der Waals surface area contributed by atoms with Crippen LogP contribution in [0.3, 0.4) is 0 Å². The number of nitrogens with one attached hydrogen (secondary N) is 1. The number of carbonyl (C=O) groups excluding carboxylic acids is 1. The van der Waals surface area contributed by atoms with Crippen LogP contribution in [-0.2, 0) is 15.6 Å². The molecular weight excluding hydrogens is 266 g/mol. The summed E-state index contributed by atoms with van der Waals surface area (Å²) in [6.07, 6.45) is 2.44. The van der Waals surface area contributed by atoms with Crippen molar-refractivity contribution in [1.29, 1.82) is 0 Å². The Morgan fingerprint density at radius 3 is 2.50 bits per heavy atom. The van der Waals surface area contributed by atoms with Crippen LogP contribution in [-0.4, -0.2) is 33.5 Å². The third-order valence-corrected chi connectivity index (χ3v) is 4.08. The molecule has 3 nitrogen and oxygen atoms in total. The molecule has 0 fully saturated rings. The van der Waals surface area contributed by atoms with Gasteiger partial charge in [0, 0.05) is 29.4 Å². The van der Waals surface area contributed by atoms with Crippen LogP contribution in [0.4, 0.5) is 0 Å². The molecule has 14 heavy (non-hydrogen) atoms. The third kappa shape index (κ3) is 6.54. The quantitative estimate of drug-likeness (QED) is 0.590. The second-order valence-electron chi connectivity index (χ2n) is 3.57. The highest BCUT2D eigenvalue weighted by Crippen LogP contribution is 2.11. The van der Waals surface area contributed by atoms with Crippen molar-refractivity contribution in [3.05, 3.63) is 0 Å². The van der Waals surface area contributed by atoms with Gasteiger partial charge < -0.3 is 5.32 Å². The van der Waals surface area contributed by atoms with Gasteiger partial charge in [0.05, 0.1) is 4.83 Å². The molecule has 2 atom stereocenters. The number of halogens is 1. The second kappa shape index (κ2) is 7.40. The summed E-state index contributed by atoms with van der Waals surface area (Å²) < 4.78 is 10.7. The number of carbonyl (C=O) groups is 1. The van der Waals surface area contributed by atoms with E-state index in [0.717, 1.165) is 6.42 Å². The molecule has 0 bridgehead atoms. The number of rotatable bonds is 6. The molecule has 0 saturated carbocycles. The predicted octanol–water partition coefficient (Wildman–Crippen LogP) is 1.29. The van der Waals surface area contributed by atoms with Gasteiger partial charge in [0.15, 0.2) is 0 Å². The molecule has 0 spiro atoms. The van der Waals surface area contributed by atoms with Gasteiger partial charge in [-0.2, -0.15) is 0 Å². The molecule has 0 rings (SSSR count). The standard InChI is InChI=1S/C9H18BrNO2S/c1-7(2)8(10)9(12)11-5-4-6-14(3)13/h7-8H,4-6H2,1-3H3,(H,11,12). The molecule has 2 unspecified atom stereocenters. The summed E-state index contributed by atoms with van der Waals surface area (Å²) in [5.74, 6) is 0.951. The van der Waals surface area contributed by atoms with Crippen molar-refractivity contribution in [3.8, 4) is 0 Å². The lowest BCUT2D eigenvalue weighted by atomic mass is 10.1. The minimum Gasteiger partial charge on any atom is -0.355 e. The van der Waals surface area contributed by atoms with E-state index in [1.807, 2.05) is 13.8 Å². The van der Waals surface area contributed by atoms with Crippen molar-refractivity contribution in [2.24, 2.45) is 5.92 Å². The SMILES string of the molecule is CC(C)C(Br)C(=O)NCCCS(C)=O. The molecule has 0 heterocycles. The second-order valence-corrected chi connectivity index (χ2v) is 6.11. The molecule has 84 valence electrons. The van der Waals surface area contributed by atoms with Gasteiger partial charge in [-0.05, 0) is 12.3 Å². The molecule has 1 N–H and O–H groups in total. The first kappa shape index (κ1) is 14.1. The van der Waals surface area contributed by atoms with Gasteiger partial charge in [-0.3, -0.25) is 9.00 Å². The van der Waals surface area contributed by atoms with E-state index in [4.69, 9.17) is 0 Å². The smallest absolute Gasteiger partial charge is 0.234 e. The van der Waals surface area contributed by atoms with E-state index in [1.165, 1.54) is 0 Å². The zero-order chi connectivity index (χ0) is 11.1. The van der Waals surface area contributed by atoms with Gasteiger partial charge in [0.25, 0.3) is 0 Å². The number of hydrogen-bond acceptors (Lipinski definition) is 2. The number of amides is 1. The van der Waals surface area contributed by atoms with Crippen molar-refractivity contribution in [3.63, 3.8) is 0 Å². The van der Waals surface area contributed by atoms with Crippen molar-refractivity contribution in [1.82, 2.24) is 5.32 Å². The van der Waals surface area contributed by atoms with Crippen molar-refractivity contribution in [2.75, 3.05) is 18.6 Å². The van der Waals surface area contributed by atoms with Crippen LogP contribution >= 0.6 is 15.9 Å². The van der Waals surface area contributed by atoms with Crippen LogP contribution in [0, 0.1) is 5.92 Å². The van der Waals surface area contributed by atoms with Crippen LogP contribution < -0.4 is 5.32 Å². The zero-order valence-electron chi connectivity index (χ0n) is 8.88. The fourth-order valence-corrected chi connectivity index (χ4v) is 1.60. The van der Waals surface area contributed by atoms with Crippen LogP contribution in [0.1, 0.15) is 20.3 Å². The normalized spacial score (nSPS) is 15.2. The Bertz CT molecular complexity index is 209. The lowest BCUT2D eigenvalue weighted by Gasteiger charge is -2.13. The molecule has 0 saturated heterocycles. The molecule has 0 aliphatic rings. The molecule has 0 aromatic rings. The van der Waals surface area contributed by atoms with Crippen LogP contribution in [0.5, 0.6) is 0 Å². The van der Waals surface area contributed by atoms with E-state index < -0.39 is 10.8 Å². The highest BCUT2D eigenvalue weighted by atomic mass is 79.9. The maximum absolute atomic E-state index is 11.4. The zero-order valence-corrected chi connectivity index (χ0v) is 11.3. The van der Waals surface area contributed by atoms with E-state index in [2.05, 4.69) is 21.2 Å². The highest BCUT2D eigenvalue weighted by Gasteiger charge is 2.17. The summed E-state index contributed by atoms with van der Waals surface area (Å²) in [6, 6.07) is 0. The molecular formula is C9H18BrNO2S. The van der Waals surface area contributed by atoms with Gasteiger partial charge in [0.1, 0.15) is 0 Å². The van der Waals surface area contributed by atoms with E-state index in [0.29, 0.717) is 12.3 Å². The molecule has 0 aromatic heterocycles. The van der Waals surface area contributed by atoms with Crippen molar-refractivity contribution in [2.45, 2.75) is 25.1 Å². The Balaban J connectivity index is 3.59. The summed E-state index contributed by atoms with van der Waals surface area (Å²) in [5, 5.41) is 2.80. The first-order valence-corrected chi connectivity index (χ1v) is 7.31. The molecule has 1 amide bonds. The van der Waals surface area contributed by atoms with Gasteiger partial charge in [-0.15, -0.1) is 0 Å². The Morgan fingerprint density at radius 2 is 2.07 bits per heavy atom. The lowest BCUT2D eigenvalue weighted by Crippen LogP contribution is -2.34. The maximum Gasteiger partial charge on any atom is 0.234 e. The highest BCUT2D eigenvalue weighted by molar-refractivity contribution is 9.10. The third-order valence-electron chi connectivity index (χ3n) is 1.74. The molecule has 0 radical (unpaired) electrons. The summed E-state index contributed by atoms with van der Waals surface area (Å²) in [6.45, 7) is 4.58. The van der Waals surface area contributed by atoms with Crippen LogP contribution in [0.2, 0.25) is 0 Å². The Labute approximate surface area is 96.6 Å². The average Bonchev–Trinajstić information content (AvgIpc) is 2.10. The Morgan fingerprint density at radius 1 is 1.50 bits per heavy atom.